The van der Waals surface area contributed by atoms with Gasteiger partial charge in [-0.15, -0.1) is 0 Å². The maximum atomic E-state index is 7.58. The van der Waals surface area contributed by atoms with Crippen molar-refractivity contribution in [2.24, 2.45) is 23.2 Å². The monoisotopic (exact) mass is 741 g/mol. The molecular weight excluding hydrogens is 661 g/mol. The highest BCUT2D eigenvalue weighted by atomic mass is 28.4. The lowest BCUT2D eigenvalue weighted by atomic mass is 9.55. The molecule has 2 saturated carbocycles. The van der Waals surface area contributed by atoms with Crippen LogP contribution in [0.2, 0.25) is 36.3 Å². The number of benzene rings is 1. The van der Waals surface area contributed by atoms with Crippen LogP contribution in [-0.2, 0) is 20.3 Å². The van der Waals surface area contributed by atoms with Gasteiger partial charge in [-0.3, -0.25) is 0 Å². The number of hydrogen-bond acceptors (Lipinski definition) is 4. The van der Waals surface area contributed by atoms with Crippen molar-refractivity contribution in [2.45, 2.75) is 212 Å². The fourth-order valence-electron chi connectivity index (χ4n) is 9.82. The van der Waals surface area contributed by atoms with Gasteiger partial charge in [0.05, 0.1) is 6.10 Å². The summed E-state index contributed by atoms with van der Waals surface area (Å²) < 4.78 is 26.0. The molecule has 0 spiro atoms. The third kappa shape index (κ3) is 9.96. The zero-order valence-electron chi connectivity index (χ0n) is 35.3. The van der Waals surface area contributed by atoms with Crippen molar-refractivity contribution >= 4 is 16.6 Å². The first-order valence-corrected chi connectivity index (χ1v) is 27.5. The number of ether oxygens (including phenoxy) is 2. The van der Waals surface area contributed by atoms with Gasteiger partial charge >= 0.3 is 0 Å². The van der Waals surface area contributed by atoms with Gasteiger partial charge in [-0.2, -0.15) is 0 Å². The van der Waals surface area contributed by atoms with Crippen LogP contribution in [0.3, 0.4) is 0 Å². The zero-order valence-corrected chi connectivity index (χ0v) is 37.3. The molecule has 4 aliphatic rings. The van der Waals surface area contributed by atoms with Crippen molar-refractivity contribution in [1.82, 2.24) is 0 Å². The molecule has 0 aromatic heterocycles. The normalized spacial score (nSPS) is 30.1. The van der Waals surface area contributed by atoms with E-state index in [1.165, 1.54) is 103 Å². The van der Waals surface area contributed by atoms with Gasteiger partial charge < -0.3 is 18.3 Å². The Morgan fingerprint density at radius 3 is 2.12 bits per heavy atom. The van der Waals surface area contributed by atoms with Crippen molar-refractivity contribution in [2.75, 3.05) is 13.2 Å². The second-order valence-corrected chi connectivity index (χ2v) is 30.2. The van der Waals surface area contributed by atoms with E-state index >= 15 is 0 Å². The van der Waals surface area contributed by atoms with Crippen LogP contribution in [0.25, 0.3) is 0 Å². The Bertz CT molecular complexity index is 1240. The second kappa shape index (κ2) is 17.0. The van der Waals surface area contributed by atoms with E-state index in [1.54, 1.807) is 11.1 Å². The van der Waals surface area contributed by atoms with Crippen LogP contribution in [0.1, 0.15) is 168 Å². The van der Waals surface area contributed by atoms with E-state index in [1.807, 2.05) is 0 Å². The molecule has 4 nitrogen and oxygen atoms in total. The molecule has 1 aliphatic heterocycles. The molecule has 51 heavy (non-hydrogen) atoms. The minimum Gasteiger partial charge on any atom is -0.543 e. The summed E-state index contributed by atoms with van der Waals surface area (Å²) in [4.78, 5) is 0. The molecule has 0 bridgehead atoms. The summed E-state index contributed by atoms with van der Waals surface area (Å²) in [5, 5.41) is 0.455. The molecule has 0 amide bonds. The van der Waals surface area contributed by atoms with Crippen LogP contribution < -0.4 is 4.43 Å². The Kier molecular flexibility index (Phi) is 13.8. The fraction of sp³-hybridized carbons (Fsp3) is 0.867. The van der Waals surface area contributed by atoms with Crippen LogP contribution >= 0.6 is 0 Å². The van der Waals surface area contributed by atoms with Crippen LogP contribution in [0.5, 0.6) is 5.75 Å². The van der Waals surface area contributed by atoms with E-state index < -0.39 is 16.6 Å². The molecule has 3 aliphatic carbocycles. The summed E-state index contributed by atoms with van der Waals surface area (Å²) in [6.07, 6.45) is 22.6. The van der Waals surface area contributed by atoms with Crippen molar-refractivity contribution in [3.05, 3.63) is 29.3 Å². The van der Waals surface area contributed by atoms with E-state index in [2.05, 4.69) is 92.9 Å². The Balaban J connectivity index is 1.16. The third-order valence-corrected chi connectivity index (χ3v) is 23.9. The van der Waals surface area contributed by atoms with Crippen LogP contribution in [0, 0.1) is 23.2 Å². The van der Waals surface area contributed by atoms with E-state index in [0.29, 0.717) is 23.4 Å². The average molecular weight is 741 g/mol. The summed E-state index contributed by atoms with van der Waals surface area (Å²) in [6.45, 7) is 28.5. The second-order valence-electron chi connectivity index (χ2n) is 20.8. The van der Waals surface area contributed by atoms with Crippen molar-refractivity contribution in [1.29, 1.82) is 0 Å². The summed E-state index contributed by atoms with van der Waals surface area (Å²) >= 11 is 0. The number of hydrogen-bond donors (Lipinski definition) is 0. The summed E-state index contributed by atoms with van der Waals surface area (Å²) in [7, 11) is -3.74. The molecule has 3 fully saturated rings. The fourth-order valence-corrected chi connectivity index (χ4v) is 12.3. The first-order valence-electron chi connectivity index (χ1n) is 21.7. The van der Waals surface area contributed by atoms with Gasteiger partial charge in [0.1, 0.15) is 5.75 Å². The van der Waals surface area contributed by atoms with Gasteiger partial charge in [-0.1, -0.05) is 99.5 Å². The average Bonchev–Trinajstić information content (AvgIpc) is 3.33. The molecule has 5 rings (SSSR count). The topological polar surface area (TPSA) is 36.9 Å². The molecule has 0 N–H and O–H groups in total. The summed E-state index contributed by atoms with van der Waals surface area (Å²) in [5.41, 5.74) is 3.52. The van der Waals surface area contributed by atoms with Crippen molar-refractivity contribution < 1.29 is 18.3 Å². The highest BCUT2D eigenvalue weighted by molar-refractivity contribution is 6.75. The maximum absolute atomic E-state index is 7.58. The van der Waals surface area contributed by atoms with Gasteiger partial charge in [0.25, 0.3) is 0 Å². The lowest BCUT2D eigenvalue weighted by Crippen LogP contribution is -2.51. The minimum atomic E-state index is -1.89. The van der Waals surface area contributed by atoms with Gasteiger partial charge in [-0.05, 0) is 153 Å². The molecule has 7 atom stereocenters. The summed E-state index contributed by atoms with van der Waals surface area (Å²) in [6, 6.07) is 7.23. The Labute approximate surface area is 317 Å². The van der Waals surface area contributed by atoms with E-state index in [4.69, 9.17) is 18.3 Å². The molecular formula is C45H80O4Si2. The van der Waals surface area contributed by atoms with E-state index in [-0.39, 0.29) is 16.4 Å². The van der Waals surface area contributed by atoms with Gasteiger partial charge in [0.15, 0.2) is 14.6 Å². The van der Waals surface area contributed by atoms with E-state index in [0.717, 1.165) is 37.2 Å². The third-order valence-electron chi connectivity index (χ3n) is 15.1. The molecule has 1 unspecified atom stereocenters. The molecule has 1 heterocycles. The van der Waals surface area contributed by atoms with Crippen molar-refractivity contribution in [3.8, 4) is 5.75 Å². The van der Waals surface area contributed by atoms with E-state index in [9.17, 15) is 0 Å². The molecule has 292 valence electrons. The number of fused-ring (bicyclic) bond motifs is 5. The highest BCUT2D eigenvalue weighted by Gasteiger charge is 2.60. The van der Waals surface area contributed by atoms with Crippen LogP contribution in [0.15, 0.2) is 18.2 Å². The van der Waals surface area contributed by atoms with Crippen molar-refractivity contribution in [3.63, 3.8) is 0 Å². The first kappa shape index (κ1) is 41.5. The zero-order chi connectivity index (χ0) is 37.1. The molecule has 0 radical (unpaired) electrons. The van der Waals surface area contributed by atoms with Crippen LogP contribution in [-0.4, -0.2) is 42.2 Å². The SMILES string of the molecule is CC(C)(C)[Si](C)(C)Oc1ccc2c(c1)CC[C@@H]1[C@@H]2CC[C@@]2(C)[C@H]1C[C@@H](CCCCCCCCCCOC1CCCCO1)[C@@H]2O[Si](C)(C)C(C)(C)C. The van der Waals surface area contributed by atoms with Crippen LogP contribution in [0.4, 0.5) is 0 Å². The minimum absolute atomic E-state index is 0.0688. The quantitative estimate of drug-likeness (QED) is 0.125. The Morgan fingerprint density at radius 2 is 1.47 bits per heavy atom. The number of unbranched alkanes of at least 4 members (excludes halogenated alkanes) is 7. The Hall–Kier alpha value is -0.666. The highest BCUT2D eigenvalue weighted by Crippen LogP contribution is 2.64. The molecule has 1 aromatic rings. The molecule has 1 aromatic carbocycles. The predicted octanol–water partition coefficient (Wildman–Crippen LogP) is 13.6. The smallest absolute Gasteiger partial charge is 0.250 e. The lowest BCUT2D eigenvalue weighted by Gasteiger charge is -2.52. The molecule has 6 heteroatoms. The predicted molar refractivity (Wildman–Crippen MR) is 221 cm³/mol. The lowest BCUT2D eigenvalue weighted by molar-refractivity contribution is -0.162. The Morgan fingerprint density at radius 1 is 0.804 bits per heavy atom. The van der Waals surface area contributed by atoms with Gasteiger partial charge in [0.2, 0.25) is 8.32 Å². The number of rotatable bonds is 16. The largest absolute Gasteiger partial charge is 0.543 e. The number of aryl methyl sites for hydroxylation is 1. The maximum Gasteiger partial charge on any atom is 0.250 e. The van der Waals surface area contributed by atoms with Gasteiger partial charge in [-0.25, -0.2) is 0 Å². The van der Waals surface area contributed by atoms with Gasteiger partial charge in [0, 0.05) is 13.2 Å². The standard InChI is InChI=1S/C45H80O4Si2/c1-43(2,3)50(8,9)48-36-25-27-37-34(32-36)24-26-39-38(37)28-29-45(7)40(39)33-35(42(45)49-51(10,11)44(4,5)6)22-18-16-14-12-13-15-17-20-30-46-41-23-19-21-31-47-41/h25,27,32,35,38-42H,12-24,26,28-31,33H2,1-11H3/t35-,38-,39-,40+,41?,42+,45+/m1/s1. The first-order chi connectivity index (χ1) is 23.9. The summed E-state index contributed by atoms with van der Waals surface area (Å²) in [5.74, 6) is 4.09. The molecule has 1 saturated heterocycles.